The van der Waals surface area contributed by atoms with Crippen LogP contribution in [-0.4, -0.2) is 41.7 Å². The maximum Gasteiger partial charge on any atom is 0.534 e. The van der Waals surface area contributed by atoms with Crippen LogP contribution in [0.25, 0.3) is 0 Å². The van der Waals surface area contributed by atoms with E-state index >= 15 is 0 Å². The van der Waals surface area contributed by atoms with Gasteiger partial charge in [0.1, 0.15) is 5.75 Å². The van der Waals surface area contributed by atoms with E-state index in [2.05, 4.69) is 10.3 Å². The highest BCUT2D eigenvalue weighted by Gasteiger charge is 2.48. The Morgan fingerprint density at radius 2 is 1.50 bits per heavy atom. The minimum atomic E-state index is -5.88. The predicted molar refractivity (Wildman–Crippen MR) is 113 cm³/mol. The van der Waals surface area contributed by atoms with E-state index < -0.39 is 21.4 Å². The Kier molecular flexibility index (Phi) is 11.0. The number of ether oxygens (including phenoxy) is 4. The first-order valence-corrected chi connectivity index (χ1v) is 11.0. The number of rotatable bonds is 13. The molecule has 0 aliphatic rings. The van der Waals surface area contributed by atoms with Gasteiger partial charge in [-0.2, -0.15) is 21.6 Å². The number of allylic oxidation sites excluding steroid dienone is 4. The van der Waals surface area contributed by atoms with Gasteiger partial charge in [-0.05, 0) is 46.1 Å². The average Bonchev–Trinajstić information content (AvgIpc) is 2.68. The highest BCUT2D eigenvalue weighted by Crippen LogP contribution is 2.38. The second kappa shape index (κ2) is 12.7. The first-order valence-electron chi connectivity index (χ1n) is 9.61. The summed E-state index contributed by atoms with van der Waals surface area (Å²) >= 11 is 0. The fourth-order valence-corrected chi connectivity index (χ4v) is 2.92. The van der Waals surface area contributed by atoms with E-state index in [0.29, 0.717) is 0 Å². The molecule has 0 aliphatic carbocycles. The Morgan fingerprint density at radius 3 is 2.00 bits per heavy atom. The summed E-state index contributed by atoms with van der Waals surface area (Å²) in [5.74, 6) is -0.456. The largest absolute Gasteiger partial charge is 0.534 e. The lowest BCUT2D eigenvalue weighted by Crippen LogP contribution is -2.28. The van der Waals surface area contributed by atoms with Crippen molar-refractivity contribution in [1.82, 2.24) is 0 Å². The Labute approximate surface area is 186 Å². The van der Waals surface area contributed by atoms with Crippen LogP contribution in [0.4, 0.5) is 13.2 Å². The molecule has 0 spiro atoms. The smallest absolute Gasteiger partial charge is 0.464 e. The molecule has 0 aromatic heterocycles. The second-order valence-corrected chi connectivity index (χ2v) is 8.60. The van der Waals surface area contributed by atoms with E-state index in [4.69, 9.17) is 18.9 Å². The summed E-state index contributed by atoms with van der Waals surface area (Å²) in [4.78, 5) is 0. The molecule has 182 valence electrons. The van der Waals surface area contributed by atoms with E-state index in [9.17, 15) is 21.6 Å². The van der Waals surface area contributed by atoms with Crippen LogP contribution in [0.15, 0.2) is 35.4 Å². The molecule has 0 saturated heterocycles. The summed E-state index contributed by atoms with van der Waals surface area (Å²) in [6.07, 6.45) is 5.52. The Balaban J connectivity index is 3.36. The van der Waals surface area contributed by atoms with Crippen LogP contribution < -0.4 is 13.7 Å². The fourth-order valence-electron chi connectivity index (χ4n) is 2.43. The third kappa shape index (κ3) is 9.09. The lowest BCUT2D eigenvalue weighted by atomic mass is 10.0. The zero-order valence-corrected chi connectivity index (χ0v) is 19.6. The van der Waals surface area contributed by atoms with Gasteiger partial charge in [0.15, 0.2) is 25.1 Å². The van der Waals surface area contributed by atoms with E-state index in [1.807, 2.05) is 20.8 Å². The molecular formula is C21H29F3O7S. The number of methoxy groups -OCH3 is 2. The van der Waals surface area contributed by atoms with Crippen LogP contribution in [-0.2, 0) is 26.0 Å². The summed E-state index contributed by atoms with van der Waals surface area (Å²) < 4.78 is 86.7. The molecule has 0 aliphatic heterocycles. The molecule has 0 bridgehead atoms. The molecule has 7 nitrogen and oxygen atoms in total. The van der Waals surface area contributed by atoms with Gasteiger partial charge in [0, 0.05) is 25.8 Å². The zero-order valence-electron chi connectivity index (χ0n) is 18.7. The lowest BCUT2D eigenvalue weighted by molar-refractivity contribution is -0.0500. The average molecular weight is 483 g/mol. The van der Waals surface area contributed by atoms with Gasteiger partial charge < -0.3 is 23.1 Å². The molecule has 0 unspecified atom stereocenters. The molecule has 0 saturated carbocycles. The number of hydrogen-bond donors (Lipinski definition) is 0. The minimum Gasteiger partial charge on any atom is -0.464 e. The molecule has 0 fully saturated rings. The fraction of sp³-hybridized carbons (Fsp3) is 0.524. The maximum atomic E-state index is 12.9. The van der Waals surface area contributed by atoms with Gasteiger partial charge >= 0.3 is 15.6 Å². The van der Waals surface area contributed by atoms with Crippen molar-refractivity contribution in [3.8, 4) is 17.2 Å². The summed E-state index contributed by atoms with van der Waals surface area (Å²) in [6.45, 7) is 5.43. The van der Waals surface area contributed by atoms with Crippen LogP contribution in [0.1, 0.15) is 39.2 Å². The summed E-state index contributed by atoms with van der Waals surface area (Å²) in [7, 11) is -3.15. The summed E-state index contributed by atoms with van der Waals surface area (Å²) in [6, 6.07) is 2.38. The second-order valence-electron chi connectivity index (χ2n) is 7.07. The molecule has 0 atom stereocenters. The van der Waals surface area contributed by atoms with E-state index in [0.717, 1.165) is 24.5 Å². The molecule has 0 radical (unpaired) electrons. The molecule has 11 heteroatoms. The van der Waals surface area contributed by atoms with Gasteiger partial charge in [-0.15, -0.1) is 0 Å². The Bertz CT molecular complexity index is 903. The number of alkyl halides is 3. The summed E-state index contributed by atoms with van der Waals surface area (Å²) in [5, 5.41) is 0. The van der Waals surface area contributed by atoms with Gasteiger partial charge in [-0.25, -0.2) is 0 Å². The quantitative estimate of drug-likeness (QED) is 0.167. The molecule has 0 heterocycles. The van der Waals surface area contributed by atoms with Crippen molar-refractivity contribution in [1.29, 1.82) is 0 Å². The van der Waals surface area contributed by atoms with Crippen molar-refractivity contribution in [3.63, 3.8) is 0 Å². The van der Waals surface area contributed by atoms with Gasteiger partial charge in [0.05, 0.1) is 0 Å². The van der Waals surface area contributed by atoms with Crippen molar-refractivity contribution in [2.24, 2.45) is 0 Å². The van der Waals surface area contributed by atoms with Gasteiger partial charge in [0.2, 0.25) is 0 Å². The molecule has 1 rings (SSSR count). The van der Waals surface area contributed by atoms with Gasteiger partial charge in [0.25, 0.3) is 0 Å². The normalized spacial score (nSPS) is 12.4. The Morgan fingerprint density at radius 1 is 0.938 bits per heavy atom. The molecule has 32 heavy (non-hydrogen) atoms. The SMILES string of the molecule is COCOc1cc(C/C=C(\C)CCC=C(C)C)c(OS(=O)(=O)C(F)(F)F)cc1OCOC. The van der Waals surface area contributed by atoms with Crippen LogP contribution in [0, 0.1) is 0 Å². The van der Waals surface area contributed by atoms with Crippen LogP contribution in [0.5, 0.6) is 17.2 Å². The van der Waals surface area contributed by atoms with Gasteiger partial charge in [-0.3, -0.25) is 0 Å². The van der Waals surface area contributed by atoms with E-state index in [-0.39, 0.29) is 37.1 Å². The molecular weight excluding hydrogens is 453 g/mol. The van der Waals surface area contributed by atoms with E-state index in [1.54, 1.807) is 6.08 Å². The van der Waals surface area contributed by atoms with E-state index in [1.165, 1.54) is 25.9 Å². The number of halogens is 3. The topological polar surface area (TPSA) is 80.3 Å². The first kappa shape index (κ1) is 27.8. The zero-order chi connectivity index (χ0) is 24.4. The highest BCUT2D eigenvalue weighted by molar-refractivity contribution is 7.88. The molecule has 1 aromatic carbocycles. The predicted octanol–water partition coefficient (Wildman–Crippen LogP) is 5.12. The van der Waals surface area contributed by atoms with Crippen LogP contribution in [0.3, 0.4) is 0 Å². The minimum absolute atomic E-state index is 0.0655. The Hall–Kier alpha value is -2.24. The maximum absolute atomic E-state index is 12.9. The van der Waals surface area contributed by atoms with Crippen molar-refractivity contribution in [2.45, 2.75) is 45.5 Å². The summed E-state index contributed by atoms with van der Waals surface area (Å²) in [5.41, 5.74) is -3.27. The van der Waals surface area contributed by atoms with Gasteiger partial charge in [-0.1, -0.05) is 23.3 Å². The van der Waals surface area contributed by atoms with Crippen molar-refractivity contribution in [3.05, 3.63) is 41.0 Å². The standard InChI is InChI=1S/C21H29F3O7S/c1-15(2)7-6-8-16(3)9-10-17-11-19(29-13-27-4)20(30-14-28-5)12-18(17)31-32(25,26)21(22,23)24/h7,9,11-12H,6,8,10,13-14H2,1-5H3/b16-9+. The van der Waals surface area contributed by atoms with Crippen molar-refractivity contribution < 1.29 is 44.7 Å². The van der Waals surface area contributed by atoms with Crippen LogP contribution in [0.2, 0.25) is 0 Å². The van der Waals surface area contributed by atoms with Crippen LogP contribution >= 0.6 is 0 Å². The van der Waals surface area contributed by atoms with Crippen molar-refractivity contribution >= 4 is 10.1 Å². The third-order valence-corrected chi connectivity index (χ3v) is 5.00. The van der Waals surface area contributed by atoms with Crippen molar-refractivity contribution in [2.75, 3.05) is 27.8 Å². The monoisotopic (exact) mass is 482 g/mol. The highest BCUT2D eigenvalue weighted by atomic mass is 32.2. The number of benzene rings is 1. The molecule has 0 amide bonds. The third-order valence-electron chi connectivity index (χ3n) is 4.04. The molecule has 1 aromatic rings. The molecule has 0 N–H and O–H groups in total. The number of hydrogen-bond acceptors (Lipinski definition) is 7. The lowest BCUT2D eigenvalue weighted by Gasteiger charge is -2.17. The first-order chi connectivity index (χ1) is 14.9.